The molecule has 0 aliphatic heterocycles. The lowest BCUT2D eigenvalue weighted by Crippen LogP contribution is -2.32. The summed E-state index contributed by atoms with van der Waals surface area (Å²) in [6, 6.07) is 2.82. The number of amides is 1. The molecule has 0 fully saturated rings. The van der Waals surface area contributed by atoms with E-state index in [9.17, 15) is 23.3 Å². The summed E-state index contributed by atoms with van der Waals surface area (Å²) in [4.78, 5) is 22.5. The van der Waals surface area contributed by atoms with Crippen LogP contribution < -0.4 is 14.8 Å². The molecule has 1 heterocycles. The Morgan fingerprint density at radius 2 is 1.97 bits per heavy atom. The van der Waals surface area contributed by atoms with Crippen LogP contribution in [0.1, 0.15) is 50.2 Å². The number of aryl methyl sites for hydroxylation is 1. The minimum atomic E-state index is -4.12. The highest BCUT2D eigenvalue weighted by Gasteiger charge is 2.27. The first kappa shape index (κ1) is 24.3. The number of hydrogen-bond acceptors (Lipinski definition) is 7. The van der Waals surface area contributed by atoms with Crippen LogP contribution in [0.3, 0.4) is 0 Å². The predicted octanol–water partition coefficient (Wildman–Crippen LogP) is 2.64. The van der Waals surface area contributed by atoms with Crippen molar-refractivity contribution in [3.05, 3.63) is 39.6 Å². The van der Waals surface area contributed by atoms with Crippen molar-refractivity contribution in [2.45, 2.75) is 58.0 Å². The van der Waals surface area contributed by atoms with Gasteiger partial charge in [0.1, 0.15) is 10.6 Å². The largest absolute Gasteiger partial charge is 0.438 e. The number of sulfonamides is 1. The summed E-state index contributed by atoms with van der Waals surface area (Å²) in [5.74, 6) is -0.376. The highest BCUT2D eigenvalue weighted by atomic mass is 32.2. The van der Waals surface area contributed by atoms with Crippen molar-refractivity contribution in [1.82, 2.24) is 19.8 Å². The van der Waals surface area contributed by atoms with Gasteiger partial charge < -0.3 is 10.1 Å². The van der Waals surface area contributed by atoms with Gasteiger partial charge in [-0.1, -0.05) is 6.92 Å². The van der Waals surface area contributed by atoms with Gasteiger partial charge in [-0.3, -0.25) is 14.9 Å². The molecule has 0 aliphatic rings. The molecule has 1 aromatic heterocycles. The monoisotopic (exact) mass is 453 g/mol. The van der Waals surface area contributed by atoms with E-state index in [1.54, 1.807) is 27.8 Å². The van der Waals surface area contributed by atoms with Gasteiger partial charge in [0.25, 0.3) is 11.6 Å². The first-order valence-electron chi connectivity index (χ1n) is 9.70. The lowest BCUT2D eigenvalue weighted by Gasteiger charge is -2.15. The minimum absolute atomic E-state index is 0.101. The number of nitrogens with zero attached hydrogens (tertiary/aromatic N) is 3. The Balaban J connectivity index is 2.54. The van der Waals surface area contributed by atoms with Gasteiger partial charge in [0.05, 0.1) is 4.92 Å². The van der Waals surface area contributed by atoms with Crippen molar-refractivity contribution in [1.29, 1.82) is 0 Å². The van der Waals surface area contributed by atoms with Gasteiger partial charge in [0, 0.05) is 36.8 Å². The van der Waals surface area contributed by atoms with E-state index in [0.717, 1.165) is 12.1 Å². The Kier molecular flexibility index (Phi) is 7.39. The number of nitro benzene ring substituents is 1. The highest BCUT2D eigenvalue weighted by Crippen LogP contribution is 2.34. The third-order valence-electron chi connectivity index (χ3n) is 4.46. The predicted molar refractivity (Wildman–Crippen MR) is 114 cm³/mol. The number of aromatic nitrogens is 2. The molecule has 0 unspecified atom stereocenters. The van der Waals surface area contributed by atoms with Crippen LogP contribution in [0, 0.1) is 17.0 Å². The molecule has 0 saturated carbocycles. The van der Waals surface area contributed by atoms with Gasteiger partial charge >= 0.3 is 0 Å². The average Bonchev–Trinajstić information content (AvgIpc) is 2.95. The molecule has 1 aromatic carbocycles. The summed E-state index contributed by atoms with van der Waals surface area (Å²) in [6.07, 6.45) is 0.527. The molecule has 31 heavy (non-hydrogen) atoms. The summed E-state index contributed by atoms with van der Waals surface area (Å²) in [5.41, 5.74) is 0.142. The Hall–Kier alpha value is -2.99. The number of benzene rings is 1. The fourth-order valence-electron chi connectivity index (χ4n) is 2.72. The molecule has 0 spiro atoms. The maximum Gasteiger partial charge on any atom is 0.272 e. The van der Waals surface area contributed by atoms with Crippen LogP contribution in [-0.4, -0.2) is 41.1 Å². The highest BCUT2D eigenvalue weighted by molar-refractivity contribution is 7.89. The van der Waals surface area contributed by atoms with E-state index in [4.69, 9.17) is 4.74 Å². The lowest BCUT2D eigenvalue weighted by molar-refractivity contribution is -0.385. The number of carbonyl (C=O) groups is 1. The normalized spacial score (nSPS) is 12.6. The number of ether oxygens (including phenoxy) is 1. The molecular formula is C19H27N5O6S. The molecular weight excluding hydrogens is 426 g/mol. The van der Waals surface area contributed by atoms with E-state index in [1.165, 1.54) is 10.7 Å². The van der Waals surface area contributed by atoms with Crippen LogP contribution in [0.5, 0.6) is 11.6 Å². The fraction of sp³-hybridized carbons (Fsp3) is 0.474. The van der Waals surface area contributed by atoms with Crippen LogP contribution in [-0.2, 0) is 17.1 Å². The van der Waals surface area contributed by atoms with Gasteiger partial charge in [-0.25, -0.2) is 17.8 Å². The van der Waals surface area contributed by atoms with Crippen LogP contribution in [0.25, 0.3) is 0 Å². The summed E-state index contributed by atoms with van der Waals surface area (Å²) in [5, 5.41) is 18.1. The number of nitrogens with one attached hydrogen (secondary N) is 2. The molecule has 0 saturated heterocycles. The van der Waals surface area contributed by atoms with Crippen LogP contribution >= 0.6 is 0 Å². The maximum absolute atomic E-state index is 12.9. The fourth-order valence-corrected chi connectivity index (χ4v) is 4.20. The molecule has 1 amide bonds. The topological polar surface area (TPSA) is 145 Å². The van der Waals surface area contributed by atoms with Crippen LogP contribution in [0.2, 0.25) is 0 Å². The zero-order valence-corrected chi connectivity index (χ0v) is 19.1. The summed E-state index contributed by atoms with van der Waals surface area (Å²) < 4.78 is 35.4. The van der Waals surface area contributed by atoms with Gasteiger partial charge in [-0.05, 0) is 40.2 Å². The average molecular weight is 454 g/mol. The number of rotatable bonds is 9. The molecule has 1 atom stereocenters. The molecule has 0 aliphatic carbocycles. The molecule has 170 valence electrons. The molecule has 2 rings (SSSR count). The lowest BCUT2D eigenvalue weighted by atomic mass is 10.2. The summed E-state index contributed by atoms with van der Waals surface area (Å²) in [6.45, 7) is 8.73. The van der Waals surface area contributed by atoms with E-state index in [2.05, 4.69) is 15.1 Å². The first-order valence-corrected chi connectivity index (χ1v) is 11.2. The zero-order valence-electron chi connectivity index (χ0n) is 18.3. The second kappa shape index (κ2) is 9.43. The maximum atomic E-state index is 12.9. The Bertz CT molecular complexity index is 1090. The van der Waals surface area contributed by atoms with Gasteiger partial charge in [0.15, 0.2) is 5.69 Å². The van der Waals surface area contributed by atoms with Gasteiger partial charge in [0.2, 0.25) is 15.9 Å². The molecule has 2 aromatic rings. The van der Waals surface area contributed by atoms with E-state index in [1.807, 2.05) is 13.8 Å². The summed E-state index contributed by atoms with van der Waals surface area (Å²) in [7, 11) is -2.57. The second-order valence-electron chi connectivity index (χ2n) is 7.45. The molecule has 12 heteroatoms. The van der Waals surface area contributed by atoms with Crippen molar-refractivity contribution in [3.8, 4) is 11.6 Å². The van der Waals surface area contributed by atoms with Crippen molar-refractivity contribution >= 4 is 21.6 Å². The van der Waals surface area contributed by atoms with Crippen molar-refractivity contribution in [2.24, 2.45) is 7.05 Å². The summed E-state index contributed by atoms with van der Waals surface area (Å²) >= 11 is 0. The van der Waals surface area contributed by atoms with Crippen LogP contribution in [0.15, 0.2) is 23.1 Å². The number of carbonyl (C=O) groups excluding carboxylic acids is 1. The Morgan fingerprint density at radius 3 is 2.52 bits per heavy atom. The van der Waals surface area contributed by atoms with Crippen LogP contribution in [0.4, 0.5) is 5.69 Å². The quantitative estimate of drug-likeness (QED) is 0.438. The van der Waals surface area contributed by atoms with E-state index in [-0.39, 0.29) is 34.3 Å². The number of non-ortho nitro benzene ring substituents is 1. The van der Waals surface area contributed by atoms with E-state index in [0.29, 0.717) is 12.0 Å². The molecule has 11 nitrogen and oxygen atoms in total. The third kappa shape index (κ3) is 5.58. The Labute approximate surface area is 181 Å². The van der Waals surface area contributed by atoms with Crippen molar-refractivity contribution < 1.29 is 22.9 Å². The Morgan fingerprint density at radius 1 is 1.32 bits per heavy atom. The third-order valence-corrected chi connectivity index (χ3v) is 6.07. The van der Waals surface area contributed by atoms with E-state index >= 15 is 0 Å². The van der Waals surface area contributed by atoms with Crippen molar-refractivity contribution in [3.63, 3.8) is 0 Å². The SMILES string of the molecule is CC[C@H](C)NS(=O)(=O)c1cc([N+](=O)[O-])ccc1Oc1c(C)c(C(=O)NC(C)C)nn1C. The van der Waals surface area contributed by atoms with Gasteiger partial charge in [-0.15, -0.1) is 0 Å². The molecule has 2 N–H and O–H groups in total. The zero-order chi connectivity index (χ0) is 23.5. The van der Waals surface area contributed by atoms with Crippen molar-refractivity contribution in [2.75, 3.05) is 0 Å². The molecule has 0 radical (unpaired) electrons. The van der Waals surface area contributed by atoms with E-state index < -0.39 is 26.5 Å². The molecule has 0 bridgehead atoms. The smallest absolute Gasteiger partial charge is 0.272 e. The second-order valence-corrected chi connectivity index (χ2v) is 9.13. The first-order chi connectivity index (χ1) is 14.4. The standard InChI is InChI=1S/C19H27N5O6S/c1-7-12(4)22-31(28,29)16-10-14(24(26)27)8-9-15(16)30-19-13(5)17(21-23(19)6)18(25)20-11(2)3/h8-12,22H,7H2,1-6H3,(H,20,25)/t12-/m0/s1. The number of nitro groups is 1. The van der Waals surface area contributed by atoms with Gasteiger partial charge in [-0.2, -0.15) is 5.10 Å². The number of hydrogen-bond donors (Lipinski definition) is 2. The minimum Gasteiger partial charge on any atom is -0.438 e.